The van der Waals surface area contributed by atoms with Crippen molar-refractivity contribution >= 4 is 11.8 Å². The van der Waals surface area contributed by atoms with Crippen LogP contribution in [0.25, 0.3) is 0 Å². The maximum absolute atomic E-state index is 11.9. The molecule has 0 spiro atoms. The topological polar surface area (TPSA) is 43.4 Å². The third kappa shape index (κ3) is 2.97. The van der Waals surface area contributed by atoms with Crippen LogP contribution in [-0.2, 0) is 20.7 Å². The molecule has 2 rings (SSSR count). The van der Waals surface area contributed by atoms with Crippen molar-refractivity contribution in [1.29, 1.82) is 0 Å². The van der Waals surface area contributed by atoms with Crippen molar-refractivity contribution in [2.45, 2.75) is 44.6 Å². The van der Waals surface area contributed by atoms with Crippen LogP contribution in [0.1, 0.15) is 38.2 Å². The summed E-state index contributed by atoms with van der Waals surface area (Å²) in [6.07, 6.45) is 3.25. The fourth-order valence-electron chi connectivity index (χ4n) is 2.31. The largest absolute Gasteiger partial charge is 0.451 e. The van der Waals surface area contributed by atoms with Gasteiger partial charge in [-0.05, 0) is 31.7 Å². The smallest absolute Gasteiger partial charge is 0.311 e. The molecule has 0 radical (unpaired) electrons. The highest BCUT2D eigenvalue weighted by Gasteiger charge is 2.38. The number of hydrogen-bond acceptors (Lipinski definition) is 3. The average Bonchev–Trinajstić information content (AvgIpc) is 2.34. The monoisotopic (exact) mass is 246 g/mol. The summed E-state index contributed by atoms with van der Waals surface area (Å²) in [5.74, 6) is -0.269. The van der Waals surface area contributed by atoms with Crippen molar-refractivity contribution in [3.8, 4) is 0 Å². The predicted molar refractivity (Wildman–Crippen MR) is 68.1 cm³/mol. The summed E-state index contributed by atoms with van der Waals surface area (Å²) in [6, 6.07) is 9.44. The van der Waals surface area contributed by atoms with E-state index in [-0.39, 0.29) is 18.2 Å². The quantitative estimate of drug-likeness (QED) is 0.770. The SMILES string of the molecule is CC1(OC(=O)Cc2ccccc2)CCCCC1=O. The van der Waals surface area contributed by atoms with E-state index in [9.17, 15) is 9.59 Å². The lowest BCUT2D eigenvalue weighted by Crippen LogP contribution is -2.42. The van der Waals surface area contributed by atoms with Gasteiger partial charge < -0.3 is 4.74 Å². The molecule has 1 unspecified atom stereocenters. The number of esters is 1. The van der Waals surface area contributed by atoms with Crippen LogP contribution in [0.4, 0.5) is 0 Å². The number of ketones is 1. The molecule has 0 aliphatic heterocycles. The number of rotatable bonds is 3. The highest BCUT2D eigenvalue weighted by molar-refractivity contribution is 5.90. The Morgan fingerprint density at radius 1 is 1.28 bits per heavy atom. The molecular formula is C15H18O3. The highest BCUT2D eigenvalue weighted by atomic mass is 16.6. The molecule has 96 valence electrons. The predicted octanol–water partition coefficient (Wildman–Crippen LogP) is 2.67. The Hall–Kier alpha value is -1.64. The van der Waals surface area contributed by atoms with E-state index in [1.165, 1.54) is 0 Å². The summed E-state index contributed by atoms with van der Waals surface area (Å²) in [6.45, 7) is 1.73. The first-order valence-corrected chi connectivity index (χ1v) is 6.39. The Labute approximate surface area is 107 Å². The molecule has 0 amide bonds. The van der Waals surface area contributed by atoms with Crippen LogP contribution in [-0.4, -0.2) is 17.4 Å². The van der Waals surface area contributed by atoms with E-state index in [2.05, 4.69) is 0 Å². The van der Waals surface area contributed by atoms with Gasteiger partial charge in [0.25, 0.3) is 0 Å². The van der Waals surface area contributed by atoms with Crippen LogP contribution in [0.3, 0.4) is 0 Å². The summed E-state index contributed by atoms with van der Waals surface area (Å²) in [5.41, 5.74) is 0.0127. The maximum atomic E-state index is 11.9. The third-order valence-electron chi connectivity index (χ3n) is 3.43. The normalized spacial score (nSPS) is 23.7. The molecule has 1 aliphatic rings. The van der Waals surface area contributed by atoms with E-state index in [0.717, 1.165) is 18.4 Å². The second-order valence-electron chi connectivity index (χ2n) is 5.00. The molecule has 0 aromatic heterocycles. The maximum Gasteiger partial charge on any atom is 0.311 e. The van der Waals surface area contributed by atoms with E-state index in [1.807, 2.05) is 30.3 Å². The average molecular weight is 246 g/mol. The Morgan fingerprint density at radius 2 is 2.00 bits per heavy atom. The number of carbonyl (C=O) groups excluding carboxylic acids is 2. The molecule has 3 heteroatoms. The molecule has 1 aliphatic carbocycles. The molecule has 1 saturated carbocycles. The minimum absolute atomic E-state index is 0.0511. The first kappa shape index (κ1) is 12.8. The number of hydrogen-bond donors (Lipinski definition) is 0. The molecule has 1 fully saturated rings. The Bertz CT molecular complexity index is 438. The zero-order chi connectivity index (χ0) is 13.0. The van der Waals surface area contributed by atoms with Gasteiger partial charge in [0.15, 0.2) is 11.4 Å². The van der Waals surface area contributed by atoms with Gasteiger partial charge in [0, 0.05) is 6.42 Å². The number of benzene rings is 1. The zero-order valence-electron chi connectivity index (χ0n) is 10.6. The van der Waals surface area contributed by atoms with E-state index in [0.29, 0.717) is 12.8 Å². The molecule has 1 aromatic rings. The molecule has 0 bridgehead atoms. The van der Waals surface area contributed by atoms with Gasteiger partial charge in [-0.1, -0.05) is 30.3 Å². The first-order chi connectivity index (χ1) is 8.60. The van der Waals surface area contributed by atoms with Crippen molar-refractivity contribution in [3.05, 3.63) is 35.9 Å². The molecule has 0 N–H and O–H groups in total. The fraction of sp³-hybridized carbons (Fsp3) is 0.467. The molecule has 1 atom stereocenters. The van der Waals surface area contributed by atoms with Crippen LogP contribution in [0.2, 0.25) is 0 Å². The van der Waals surface area contributed by atoms with E-state index in [1.54, 1.807) is 6.92 Å². The van der Waals surface area contributed by atoms with Crippen molar-refractivity contribution in [1.82, 2.24) is 0 Å². The lowest BCUT2D eigenvalue weighted by Gasteiger charge is -2.31. The van der Waals surface area contributed by atoms with E-state index in [4.69, 9.17) is 4.74 Å². The Balaban J connectivity index is 1.96. The van der Waals surface area contributed by atoms with Crippen molar-refractivity contribution < 1.29 is 14.3 Å². The van der Waals surface area contributed by atoms with Crippen molar-refractivity contribution in [2.24, 2.45) is 0 Å². The van der Waals surface area contributed by atoms with Crippen LogP contribution >= 0.6 is 0 Å². The first-order valence-electron chi connectivity index (χ1n) is 6.39. The van der Waals surface area contributed by atoms with Gasteiger partial charge in [-0.25, -0.2) is 0 Å². The van der Waals surface area contributed by atoms with Crippen LogP contribution in [0, 0.1) is 0 Å². The fourth-order valence-corrected chi connectivity index (χ4v) is 2.31. The van der Waals surface area contributed by atoms with Gasteiger partial charge in [-0.15, -0.1) is 0 Å². The van der Waals surface area contributed by atoms with Crippen molar-refractivity contribution in [2.75, 3.05) is 0 Å². The van der Waals surface area contributed by atoms with Gasteiger partial charge in [-0.3, -0.25) is 9.59 Å². The Morgan fingerprint density at radius 3 is 2.67 bits per heavy atom. The summed E-state index contributed by atoms with van der Waals surface area (Å²) >= 11 is 0. The molecule has 18 heavy (non-hydrogen) atoms. The molecule has 0 heterocycles. The lowest BCUT2D eigenvalue weighted by molar-refractivity contribution is -0.167. The van der Waals surface area contributed by atoms with Crippen LogP contribution in [0.15, 0.2) is 30.3 Å². The van der Waals surface area contributed by atoms with E-state index < -0.39 is 5.60 Å². The van der Waals surface area contributed by atoms with E-state index >= 15 is 0 Å². The van der Waals surface area contributed by atoms with Gasteiger partial charge in [-0.2, -0.15) is 0 Å². The molecule has 1 aromatic carbocycles. The summed E-state index contributed by atoms with van der Waals surface area (Å²) < 4.78 is 5.41. The molecule has 0 saturated heterocycles. The second kappa shape index (κ2) is 5.34. The van der Waals surface area contributed by atoms with Gasteiger partial charge >= 0.3 is 5.97 Å². The molecule has 3 nitrogen and oxygen atoms in total. The summed E-state index contributed by atoms with van der Waals surface area (Å²) in [5, 5.41) is 0. The van der Waals surface area contributed by atoms with Gasteiger partial charge in [0.2, 0.25) is 0 Å². The van der Waals surface area contributed by atoms with Crippen LogP contribution in [0.5, 0.6) is 0 Å². The summed E-state index contributed by atoms with van der Waals surface area (Å²) in [4.78, 5) is 23.7. The molecular weight excluding hydrogens is 228 g/mol. The minimum atomic E-state index is -0.899. The number of carbonyl (C=O) groups is 2. The standard InChI is InChI=1S/C15H18O3/c1-15(10-6-5-9-13(15)16)18-14(17)11-12-7-3-2-4-8-12/h2-4,7-8H,5-6,9-11H2,1H3. The van der Waals surface area contributed by atoms with Gasteiger partial charge in [0.05, 0.1) is 6.42 Å². The number of ether oxygens (including phenoxy) is 1. The number of Topliss-reactive ketones (excluding diaryl/α,β-unsaturated/α-hetero) is 1. The minimum Gasteiger partial charge on any atom is -0.451 e. The summed E-state index contributed by atoms with van der Waals surface area (Å²) in [7, 11) is 0. The highest BCUT2D eigenvalue weighted by Crippen LogP contribution is 2.28. The Kier molecular flexibility index (Phi) is 3.80. The van der Waals surface area contributed by atoms with Gasteiger partial charge in [0.1, 0.15) is 0 Å². The van der Waals surface area contributed by atoms with Crippen LogP contribution < -0.4 is 0 Å². The zero-order valence-corrected chi connectivity index (χ0v) is 10.6. The lowest BCUT2D eigenvalue weighted by atomic mass is 9.85. The second-order valence-corrected chi connectivity index (χ2v) is 5.00. The van der Waals surface area contributed by atoms with Crippen molar-refractivity contribution in [3.63, 3.8) is 0 Å². The third-order valence-corrected chi connectivity index (χ3v) is 3.43.